The van der Waals surface area contributed by atoms with Gasteiger partial charge in [-0.3, -0.25) is 0 Å². The summed E-state index contributed by atoms with van der Waals surface area (Å²) in [6.45, 7) is 12.9. The van der Waals surface area contributed by atoms with E-state index in [9.17, 15) is 19.7 Å². The number of phenolic OH excluding ortho intramolecular Hbond substituents is 2. The zero-order valence-electron chi connectivity index (χ0n) is 21.1. The van der Waals surface area contributed by atoms with E-state index in [2.05, 4.69) is 26.0 Å². The van der Waals surface area contributed by atoms with E-state index in [1.807, 2.05) is 13.8 Å². The minimum Gasteiger partial charge on any atom is -0.507 e. The van der Waals surface area contributed by atoms with Gasteiger partial charge in [-0.1, -0.05) is 29.4 Å². The van der Waals surface area contributed by atoms with Crippen molar-refractivity contribution in [3.8, 4) is 11.5 Å². The SMILES string of the molecule is C/C(F)=C/CC/C(C)=C/CC/C(C)=C/CC[C@](C)(O)CCc1c(C)c(O)c(C)c(C)c1O. The Balaban J connectivity index is 2.53. The van der Waals surface area contributed by atoms with E-state index in [4.69, 9.17) is 0 Å². The molecule has 0 saturated carbocycles. The summed E-state index contributed by atoms with van der Waals surface area (Å²) < 4.78 is 12.7. The van der Waals surface area contributed by atoms with Crippen LogP contribution in [0.1, 0.15) is 94.9 Å². The van der Waals surface area contributed by atoms with Crippen LogP contribution in [0.15, 0.2) is 35.2 Å². The predicted molar refractivity (Wildman–Crippen MR) is 133 cm³/mol. The first kappa shape index (κ1) is 28.0. The van der Waals surface area contributed by atoms with Gasteiger partial charge in [0, 0.05) is 5.56 Å². The molecule has 1 atom stereocenters. The molecule has 1 aromatic carbocycles. The fourth-order valence-electron chi connectivity index (χ4n) is 3.89. The third kappa shape index (κ3) is 9.20. The molecule has 0 heterocycles. The van der Waals surface area contributed by atoms with E-state index in [0.717, 1.165) is 37.7 Å². The van der Waals surface area contributed by atoms with Gasteiger partial charge in [0.25, 0.3) is 0 Å². The van der Waals surface area contributed by atoms with Crippen LogP contribution in [0.25, 0.3) is 0 Å². The van der Waals surface area contributed by atoms with Crippen molar-refractivity contribution in [2.75, 3.05) is 0 Å². The van der Waals surface area contributed by atoms with Crippen molar-refractivity contribution in [2.45, 2.75) is 105 Å². The first-order chi connectivity index (χ1) is 14.9. The summed E-state index contributed by atoms with van der Waals surface area (Å²) in [5.74, 6) is 0.335. The van der Waals surface area contributed by atoms with Crippen LogP contribution in [0.4, 0.5) is 4.39 Å². The zero-order valence-corrected chi connectivity index (χ0v) is 21.1. The Hall–Kier alpha value is -2.07. The van der Waals surface area contributed by atoms with Crippen molar-refractivity contribution in [3.05, 3.63) is 57.5 Å². The maximum atomic E-state index is 12.7. The number of aromatic hydroxyl groups is 2. The molecule has 0 unspecified atom stereocenters. The second kappa shape index (κ2) is 12.8. The Morgan fingerprint density at radius 1 is 0.781 bits per heavy atom. The van der Waals surface area contributed by atoms with Gasteiger partial charge >= 0.3 is 0 Å². The standard InChI is InChI=1S/C28H43FO3/c1-19(13-9-15-21(3)29)11-8-12-20(2)14-10-17-28(7,32)18-16-25-24(6)26(30)22(4)23(5)27(25)31/h11,14-15,30-32H,8-10,12-13,16-18H2,1-7H3/b19-11+,20-14+,21-15-/t28-/m0/s1. The van der Waals surface area contributed by atoms with Crippen molar-refractivity contribution < 1.29 is 19.7 Å². The van der Waals surface area contributed by atoms with Crippen LogP contribution in [0.2, 0.25) is 0 Å². The molecule has 180 valence electrons. The van der Waals surface area contributed by atoms with Crippen molar-refractivity contribution in [1.82, 2.24) is 0 Å². The van der Waals surface area contributed by atoms with Crippen LogP contribution in [0.5, 0.6) is 11.5 Å². The van der Waals surface area contributed by atoms with Crippen LogP contribution in [-0.2, 0) is 6.42 Å². The number of halogens is 1. The van der Waals surface area contributed by atoms with Crippen LogP contribution < -0.4 is 0 Å². The average molecular weight is 447 g/mol. The minimum absolute atomic E-state index is 0.119. The quantitative estimate of drug-likeness (QED) is 0.227. The molecule has 1 aromatic rings. The smallest absolute Gasteiger partial charge is 0.122 e. The molecule has 1 rings (SSSR count). The van der Waals surface area contributed by atoms with E-state index < -0.39 is 5.60 Å². The molecule has 0 saturated heterocycles. The van der Waals surface area contributed by atoms with E-state index in [1.165, 1.54) is 18.1 Å². The van der Waals surface area contributed by atoms with Crippen molar-refractivity contribution in [3.63, 3.8) is 0 Å². The second-order valence-electron chi connectivity index (χ2n) is 9.56. The molecule has 0 radical (unpaired) electrons. The molecule has 3 nitrogen and oxygen atoms in total. The Labute approximate surface area is 194 Å². The van der Waals surface area contributed by atoms with E-state index in [1.54, 1.807) is 19.9 Å². The van der Waals surface area contributed by atoms with Crippen LogP contribution in [0, 0.1) is 20.8 Å². The number of benzene rings is 1. The highest BCUT2D eigenvalue weighted by Crippen LogP contribution is 2.37. The van der Waals surface area contributed by atoms with Gasteiger partial charge in [-0.15, -0.1) is 0 Å². The summed E-state index contributed by atoms with van der Waals surface area (Å²) in [4.78, 5) is 0. The maximum Gasteiger partial charge on any atom is 0.122 e. The molecule has 0 bridgehead atoms. The monoisotopic (exact) mass is 446 g/mol. The van der Waals surface area contributed by atoms with Crippen molar-refractivity contribution in [2.24, 2.45) is 0 Å². The fourth-order valence-corrected chi connectivity index (χ4v) is 3.89. The van der Waals surface area contributed by atoms with E-state index >= 15 is 0 Å². The number of hydrogen-bond donors (Lipinski definition) is 3. The molecule has 0 aliphatic heterocycles. The van der Waals surface area contributed by atoms with Gasteiger partial charge in [-0.25, -0.2) is 4.39 Å². The summed E-state index contributed by atoms with van der Waals surface area (Å²) in [6, 6.07) is 0. The van der Waals surface area contributed by atoms with Crippen LogP contribution in [-0.4, -0.2) is 20.9 Å². The fraction of sp³-hybridized carbons (Fsp3) is 0.571. The molecule has 0 aliphatic rings. The van der Waals surface area contributed by atoms with E-state index in [0.29, 0.717) is 36.0 Å². The van der Waals surface area contributed by atoms with Gasteiger partial charge in [0.2, 0.25) is 0 Å². The Bertz CT molecular complexity index is 827. The first-order valence-corrected chi connectivity index (χ1v) is 11.7. The number of phenols is 2. The molecule has 0 aromatic heterocycles. The average Bonchev–Trinajstić information content (AvgIpc) is 2.70. The number of allylic oxidation sites excluding steroid dienone is 6. The summed E-state index contributed by atoms with van der Waals surface area (Å²) in [5.41, 5.74) is 4.55. The highest BCUT2D eigenvalue weighted by molar-refractivity contribution is 5.56. The molecular weight excluding hydrogens is 403 g/mol. The van der Waals surface area contributed by atoms with Gasteiger partial charge < -0.3 is 15.3 Å². The van der Waals surface area contributed by atoms with Crippen molar-refractivity contribution >= 4 is 0 Å². The van der Waals surface area contributed by atoms with Gasteiger partial charge in [-0.05, 0) is 117 Å². The summed E-state index contributed by atoms with van der Waals surface area (Å²) >= 11 is 0. The van der Waals surface area contributed by atoms with Crippen molar-refractivity contribution in [1.29, 1.82) is 0 Å². The highest BCUT2D eigenvalue weighted by atomic mass is 19.1. The lowest BCUT2D eigenvalue weighted by Gasteiger charge is -2.24. The second-order valence-corrected chi connectivity index (χ2v) is 9.56. The Morgan fingerprint density at radius 3 is 1.84 bits per heavy atom. The Kier molecular flexibility index (Phi) is 11.2. The van der Waals surface area contributed by atoms with Gasteiger partial charge in [0.15, 0.2) is 0 Å². The predicted octanol–water partition coefficient (Wildman–Crippen LogP) is 7.81. The summed E-state index contributed by atoms with van der Waals surface area (Å²) in [7, 11) is 0. The van der Waals surface area contributed by atoms with Crippen LogP contribution in [0.3, 0.4) is 0 Å². The van der Waals surface area contributed by atoms with Gasteiger partial charge in [0.1, 0.15) is 11.5 Å². The summed E-state index contributed by atoms with van der Waals surface area (Å²) in [5, 5.41) is 31.6. The number of rotatable bonds is 12. The lowest BCUT2D eigenvalue weighted by Crippen LogP contribution is -2.24. The molecule has 0 spiro atoms. The van der Waals surface area contributed by atoms with Crippen LogP contribution >= 0.6 is 0 Å². The normalized spacial score (nSPS) is 15.2. The molecule has 32 heavy (non-hydrogen) atoms. The number of aliphatic hydroxyl groups is 1. The number of hydrogen-bond acceptors (Lipinski definition) is 3. The van der Waals surface area contributed by atoms with Gasteiger partial charge in [-0.2, -0.15) is 0 Å². The minimum atomic E-state index is -0.845. The summed E-state index contributed by atoms with van der Waals surface area (Å²) in [6.07, 6.45) is 12.1. The maximum absolute atomic E-state index is 12.7. The highest BCUT2D eigenvalue weighted by Gasteiger charge is 2.23. The first-order valence-electron chi connectivity index (χ1n) is 11.7. The largest absolute Gasteiger partial charge is 0.507 e. The molecular formula is C28H43FO3. The third-order valence-corrected chi connectivity index (χ3v) is 6.45. The van der Waals surface area contributed by atoms with Gasteiger partial charge in [0.05, 0.1) is 11.4 Å². The molecule has 0 amide bonds. The molecule has 0 fully saturated rings. The molecule has 4 heteroatoms. The Morgan fingerprint density at radius 2 is 1.28 bits per heavy atom. The topological polar surface area (TPSA) is 60.7 Å². The zero-order chi connectivity index (χ0) is 24.5. The lowest BCUT2D eigenvalue weighted by molar-refractivity contribution is 0.0431. The molecule has 3 N–H and O–H groups in total. The lowest BCUT2D eigenvalue weighted by atomic mass is 9.88. The molecule has 0 aliphatic carbocycles. The third-order valence-electron chi connectivity index (χ3n) is 6.45. The van der Waals surface area contributed by atoms with E-state index in [-0.39, 0.29) is 17.3 Å².